The molecule has 0 aromatic heterocycles. The summed E-state index contributed by atoms with van der Waals surface area (Å²) >= 11 is 0. The lowest BCUT2D eigenvalue weighted by Gasteiger charge is -2.33. The van der Waals surface area contributed by atoms with E-state index in [1.807, 2.05) is 49.3 Å². The number of fused-ring (bicyclic) bond motifs is 2. The van der Waals surface area contributed by atoms with Crippen LogP contribution in [0.15, 0.2) is 78.9 Å². The molecule has 1 aliphatic heterocycles. The molecule has 41 heavy (non-hydrogen) atoms. The maximum absolute atomic E-state index is 8.00. The normalized spacial score (nSPS) is 18.1. The highest BCUT2D eigenvalue weighted by Gasteiger charge is 2.45. The number of hydrogen-bond acceptors (Lipinski definition) is 7. The molecule has 0 saturated heterocycles. The second kappa shape index (κ2) is 12.4. The van der Waals surface area contributed by atoms with E-state index in [0.717, 1.165) is 62.1 Å². The van der Waals surface area contributed by atoms with E-state index in [9.17, 15) is 0 Å². The van der Waals surface area contributed by atoms with E-state index in [4.69, 9.17) is 33.2 Å². The summed E-state index contributed by atoms with van der Waals surface area (Å²) in [5.74, 6) is 3.68. The number of benzene rings is 4. The van der Waals surface area contributed by atoms with E-state index in [1.165, 1.54) is 0 Å². The Kier molecular flexibility index (Phi) is 8.45. The van der Waals surface area contributed by atoms with Crippen molar-refractivity contribution in [3.05, 3.63) is 112 Å². The highest BCUT2D eigenvalue weighted by atomic mass is 16.5. The van der Waals surface area contributed by atoms with Gasteiger partial charge in [-0.2, -0.15) is 0 Å². The third-order valence-electron chi connectivity index (χ3n) is 7.78. The second-order valence-electron chi connectivity index (χ2n) is 9.79. The smallest absolute Gasteiger partial charge is 0.126 e. The SMILES string of the molecule is C=O.COc1cc(OC)c2c(c1)[C@@H]1CO[C@@H](c3cc(OC)cc(OC)c31)C2c1ccc(OCc2ccccc2)cc1. The molecule has 1 aliphatic carbocycles. The summed E-state index contributed by atoms with van der Waals surface area (Å²) in [4.78, 5) is 8.00. The summed E-state index contributed by atoms with van der Waals surface area (Å²) in [5.41, 5.74) is 6.63. The Morgan fingerprint density at radius 1 is 0.707 bits per heavy atom. The molecule has 0 saturated carbocycles. The zero-order valence-electron chi connectivity index (χ0n) is 23.7. The van der Waals surface area contributed by atoms with Crippen molar-refractivity contribution in [3.63, 3.8) is 0 Å². The van der Waals surface area contributed by atoms with E-state index in [-0.39, 0.29) is 17.9 Å². The van der Waals surface area contributed by atoms with Gasteiger partial charge < -0.3 is 33.2 Å². The minimum atomic E-state index is -0.264. The lowest BCUT2D eigenvalue weighted by molar-refractivity contribution is -0.0980. The van der Waals surface area contributed by atoms with Crippen molar-refractivity contribution < 1.29 is 33.2 Å². The number of methoxy groups -OCH3 is 4. The lowest BCUT2D eigenvalue weighted by Crippen LogP contribution is -2.22. The van der Waals surface area contributed by atoms with Crippen LogP contribution in [0.3, 0.4) is 0 Å². The average molecular weight is 555 g/mol. The topological polar surface area (TPSA) is 72.5 Å². The van der Waals surface area contributed by atoms with Gasteiger partial charge >= 0.3 is 0 Å². The molecular weight excluding hydrogens is 520 g/mol. The summed E-state index contributed by atoms with van der Waals surface area (Å²) in [6.07, 6.45) is -0.264. The van der Waals surface area contributed by atoms with Crippen LogP contribution in [-0.4, -0.2) is 41.8 Å². The Labute approximate surface area is 240 Å². The van der Waals surface area contributed by atoms with Crippen LogP contribution in [-0.2, 0) is 16.1 Å². The average Bonchev–Trinajstić information content (AvgIpc) is 3.28. The number of ether oxygens (including phenoxy) is 6. The van der Waals surface area contributed by atoms with Crippen molar-refractivity contribution in [2.75, 3.05) is 35.0 Å². The predicted molar refractivity (Wildman–Crippen MR) is 156 cm³/mol. The Bertz CT molecular complexity index is 1480. The van der Waals surface area contributed by atoms with Crippen molar-refractivity contribution in [1.82, 2.24) is 0 Å². The monoisotopic (exact) mass is 554 g/mol. The van der Waals surface area contributed by atoms with E-state index in [2.05, 4.69) is 36.4 Å². The molecule has 3 atom stereocenters. The Balaban J connectivity index is 0.00000165. The summed E-state index contributed by atoms with van der Waals surface area (Å²) in [6.45, 7) is 3.04. The Hall–Kier alpha value is -4.49. The van der Waals surface area contributed by atoms with Crippen LogP contribution in [0.5, 0.6) is 28.7 Å². The number of rotatable bonds is 8. The number of hydrogen-bond donors (Lipinski definition) is 0. The summed E-state index contributed by atoms with van der Waals surface area (Å²) in [6, 6.07) is 26.6. The van der Waals surface area contributed by atoms with Crippen molar-refractivity contribution in [3.8, 4) is 28.7 Å². The fourth-order valence-electron chi connectivity index (χ4n) is 5.95. The zero-order valence-corrected chi connectivity index (χ0v) is 23.7. The van der Waals surface area contributed by atoms with Crippen molar-refractivity contribution in [2.24, 2.45) is 0 Å². The van der Waals surface area contributed by atoms with Crippen molar-refractivity contribution >= 4 is 6.79 Å². The molecule has 7 heteroatoms. The molecule has 0 spiro atoms. The molecule has 4 aromatic rings. The summed E-state index contributed by atoms with van der Waals surface area (Å²) < 4.78 is 35.9. The van der Waals surface area contributed by atoms with E-state index >= 15 is 0 Å². The van der Waals surface area contributed by atoms with Gasteiger partial charge in [-0.1, -0.05) is 42.5 Å². The van der Waals surface area contributed by atoms with Gasteiger partial charge in [0.15, 0.2) is 0 Å². The number of carbonyl (C=O) groups is 1. The Morgan fingerprint density at radius 2 is 1.32 bits per heavy atom. The molecule has 212 valence electrons. The van der Waals surface area contributed by atoms with Gasteiger partial charge in [-0.3, -0.25) is 0 Å². The fourth-order valence-corrected chi connectivity index (χ4v) is 5.95. The molecular formula is C34H34O7. The first-order valence-electron chi connectivity index (χ1n) is 13.3. The third kappa shape index (κ3) is 5.21. The van der Waals surface area contributed by atoms with Gasteiger partial charge in [0.2, 0.25) is 0 Å². The van der Waals surface area contributed by atoms with Gasteiger partial charge in [-0.25, -0.2) is 0 Å². The zero-order chi connectivity index (χ0) is 28.9. The molecule has 2 aliphatic rings. The maximum Gasteiger partial charge on any atom is 0.126 e. The molecule has 0 amide bonds. The van der Waals surface area contributed by atoms with E-state index in [0.29, 0.717) is 13.2 Å². The van der Waals surface area contributed by atoms with Crippen LogP contribution >= 0.6 is 0 Å². The van der Waals surface area contributed by atoms with Crippen molar-refractivity contribution in [1.29, 1.82) is 0 Å². The van der Waals surface area contributed by atoms with Gasteiger partial charge in [0.05, 0.1) is 41.2 Å². The largest absolute Gasteiger partial charge is 0.497 e. The minimum Gasteiger partial charge on any atom is -0.497 e. The quantitative estimate of drug-likeness (QED) is 0.247. The van der Waals surface area contributed by atoms with Crippen LogP contribution in [0.25, 0.3) is 0 Å². The number of carbonyl (C=O) groups excluding carboxylic acids is 1. The van der Waals surface area contributed by atoms with E-state index < -0.39 is 0 Å². The van der Waals surface area contributed by atoms with Crippen LogP contribution in [0, 0.1) is 0 Å². The lowest BCUT2D eigenvalue weighted by atomic mass is 9.82. The standard InChI is InChI=1S/C33H32O6.CH2O/c1-34-23-14-25-27-19-39-33(26-15-24(35-2)16-28(36-3)31(26)27)30(32(25)29(17-23)37-4)21-10-12-22(13-11-21)38-18-20-8-6-5-7-9-20;1-2/h5-17,27,30,33H,18-19H2,1-4H3;1H2/t27-,30?,33-;/m0./s1. The van der Waals surface area contributed by atoms with Gasteiger partial charge in [0.25, 0.3) is 0 Å². The molecule has 1 unspecified atom stereocenters. The van der Waals surface area contributed by atoms with Gasteiger partial charge in [-0.15, -0.1) is 0 Å². The molecule has 4 aromatic carbocycles. The highest BCUT2D eigenvalue weighted by Crippen LogP contribution is 2.58. The predicted octanol–water partition coefficient (Wildman–Crippen LogP) is 6.46. The summed E-state index contributed by atoms with van der Waals surface area (Å²) in [5, 5.41) is 0. The molecule has 2 bridgehead atoms. The molecule has 0 radical (unpaired) electrons. The first kappa shape index (κ1) is 28.1. The third-order valence-corrected chi connectivity index (χ3v) is 7.78. The maximum atomic E-state index is 8.00. The van der Waals surface area contributed by atoms with Gasteiger partial charge in [-0.05, 0) is 46.5 Å². The second-order valence-corrected chi connectivity index (χ2v) is 9.79. The van der Waals surface area contributed by atoms with E-state index in [1.54, 1.807) is 28.4 Å². The van der Waals surface area contributed by atoms with Crippen LogP contribution < -0.4 is 23.7 Å². The van der Waals surface area contributed by atoms with Gasteiger partial charge in [0.1, 0.15) is 42.1 Å². The fraction of sp³-hybridized carbons (Fsp3) is 0.265. The molecule has 1 heterocycles. The Morgan fingerprint density at radius 3 is 1.93 bits per heavy atom. The van der Waals surface area contributed by atoms with Crippen LogP contribution in [0.4, 0.5) is 0 Å². The van der Waals surface area contributed by atoms with Crippen molar-refractivity contribution in [2.45, 2.75) is 24.5 Å². The first-order chi connectivity index (χ1) is 20.1. The molecule has 0 fully saturated rings. The molecule has 0 N–H and O–H groups in total. The molecule has 7 nitrogen and oxygen atoms in total. The molecule has 6 rings (SSSR count). The first-order valence-corrected chi connectivity index (χ1v) is 13.3. The minimum absolute atomic E-state index is 0.0467. The highest BCUT2D eigenvalue weighted by molar-refractivity contribution is 5.63. The van der Waals surface area contributed by atoms with Gasteiger partial charge in [0, 0.05) is 35.1 Å². The summed E-state index contributed by atoms with van der Waals surface area (Å²) in [7, 11) is 6.76. The van der Waals surface area contributed by atoms with Crippen LogP contribution in [0.2, 0.25) is 0 Å². The van der Waals surface area contributed by atoms with Crippen LogP contribution in [0.1, 0.15) is 51.3 Å².